The van der Waals surface area contributed by atoms with Crippen LogP contribution in [0.15, 0.2) is 115 Å². The summed E-state index contributed by atoms with van der Waals surface area (Å²) in [5, 5.41) is 13.0. The first kappa shape index (κ1) is 25.8. The minimum Gasteiger partial charge on any atom is -0.450 e. The van der Waals surface area contributed by atoms with Crippen LogP contribution in [0.3, 0.4) is 0 Å². The Kier molecular flexibility index (Phi) is 6.50. The molecular weight excluding hydrogens is 578 g/mol. The van der Waals surface area contributed by atoms with E-state index < -0.39 is 11.0 Å². The van der Waals surface area contributed by atoms with Gasteiger partial charge in [0.2, 0.25) is 0 Å². The summed E-state index contributed by atoms with van der Waals surface area (Å²) in [5.41, 5.74) is 4.54. The van der Waals surface area contributed by atoms with E-state index in [0.717, 1.165) is 28.1 Å². The Bertz CT molecular complexity index is 2060. The summed E-state index contributed by atoms with van der Waals surface area (Å²) < 4.78 is 8.17. The van der Waals surface area contributed by atoms with Crippen LogP contribution in [0.1, 0.15) is 34.9 Å². The molecular formula is C31H20ClN3O4S2. The van der Waals surface area contributed by atoms with Crippen molar-refractivity contribution in [3.8, 4) is 0 Å². The molecule has 0 unspecified atom stereocenters. The molecule has 0 N–H and O–H groups in total. The number of nitrogens with zero attached hydrogens (tertiary/aromatic N) is 3. The van der Waals surface area contributed by atoms with Gasteiger partial charge in [0, 0.05) is 33.7 Å². The Morgan fingerprint density at radius 2 is 1.88 bits per heavy atom. The highest BCUT2D eigenvalue weighted by molar-refractivity contribution is 7.99. The number of benzene rings is 3. The molecule has 3 heterocycles. The van der Waals surface area contributed by atoms with Gasteiger partial charge in [0.05, 0.1) is 21.2 Å². The first-order valence-electron chi connectivity index (χ1n) is 12.9. The van der Waals surface area contributed by atoms with E-state index in [1.54, 1.807) is 22.8 Å². The summed E-state index contributed by atoms with van der Waals surface area (Å²) in [4.78, 5) is 31.7. The predicted molar refractivity (Wildman–Crippen MR) is 160 cm³/mol. The second kappa shape index (κ2) is 10.3. The fourth-order valence-electron chi connectivity index (χ4n) is 5.35. The number of furan rings is 1. The first-order valence-corrected chi connectivity index (χ1v) is 14.9. The Morgan fingerprint density at radius 3 is 2.71 bits per heavy atom. The molecule has 0 saturated heterocycles. The number of thiazole rings is 1. The lowest BCUT2D eigenvalue weighted by Crippen LogP contribution is -2.38. The zero-order valence-electron chi connectivity index (χ0n) is 21.3. The SMILES string of the molecule is O=c1/c(=C/c2ccc(Sc3ccc(Cl)cc3)o2)sc2n1[C@H](c1cccc([N+](=O)[O-])c1)C1=C(N=2)c2ccccc2CC1. The fraction of sp³-hybridized carbons (Fsp3) is 0.0968. The zero-order valence-corrected chi connectivity index (χ0v) is 23.7. The summed E-state index contributed by atoms with van der Waals surface area (Å²) in [6.45, 7) is 0. The second-order valence-electron chi connectivity index (χ2n) is 9.68. The van der Waals surface area contributed by atoms with E-state index in [0.29, 0.717) is 37.2 Å². The molecule has 1 aliphatic carbocycles. The maximum absolute atomic E-state index is 13.9. The third kappa shape index (κ3) is 4.76. The summed E-state index contributed by atoms with van der Waals surface area (Å²) in [7, 11) is 0. The predicted octanol–water partition coefficient (Wildman–Crippen LogP) is 6.62. The van der Waals surface area contributed by atoms with Gasteiger partial charge in [-0.2, -0.15) is 0 Å². The van der Waals surface area contributed by atoms with Crippen molar-refractivity contribution in [1.82, 2.24) is 4.57 Å². The summed E-state index contributed by atoms with van der Waals surface area (Å²) >= 11 is 8.75. The second-order valence-corrected chi connectivity index (χ2v) is 12.2. The molecule has 3 aromatic carbocycles. The van der Waals surface area contributed by atoms with Crippen LogP contribution in [-0.2, 0) is 6.42 Å². The van der Waals surface area contributed by atoms with Gasteiger partial charge in [-0.1, -0.05) is 71.1 Å². The van der Waals surface area contributed by atoms with E-state index >= 15 is 0 Å². The van der Waals surface area contributed by atoms with Gasteiger partial charge in [-0.25, -0.2) is 4.99 Å². The minimum atomic E-state index is -0.496. The lowest BCUT2D eigenvalue weighted by molar-refractivity contribution is -0.384. The number of halogens is 1. The van der Waals surface area contributed by atoms with Gasteiger partial charge in [0.25, 0.3) is 11.2 Å². The Morgan fingerprint density at radius 1 is 1.05 bits per heavy atom. The van der Waals surface area contributed by atoms with Crippen molar-refractivity contribution in [2.75, 3.05) is 0 Å². The van der Waals surface area contributed by atoms with Crippen LogP contribution in [0.5, 0.6) is 0 Å². The van der Waals surface area contributed by atoms with Crippen molar-refractivity contribution in [1.29, 1.82) is 0 Å². The van der Waals surface area contributed by atoms with E-state index in [1.807, 2.05) is 54.6 Å². The smallest absolute Gasteiger partial charge is 0.271 e. The number of hydrogen-bond donors (Lipinski definition) is 0. The van der Waals surface area contributed by atoms with Crippen LogP contribution in [0, 0.1) is 10.1 Å². The standard InChI is InChI=1S/C31H20ClN3O4S2/c32-20-9-12-23(13-10-20)40-27-15-11-22(39-27)17-26-30(36)34-29(19-5-3-6-21(16-19)35(37)38)25-14-8-18-4-1-2-7-24(18)28(25)33-31(34)41-26/h1-7,9-13,15-17,29H,8,14H2/b26-17-/t29-/m1/s1. The molecule has 7 nitrogen and oxygen atoms in total. The van der Waals surface area contributed by atoms with Crippen molar-refractivity contribution in [2.24, 2.45) is 4.99 Å². The molecule has 0 fully saturated rings. The van der Waals surface area contributed by atoms with Gasteiger partial charge in [0.1, 0.15) is 5.76 Å². The average molecular weight is 598 g/mol. The molecule has 0 saturated carbocycles. The highest BCUT2D eigenvalue weighted by atomic mass is 35.5. The third-order valence-electron chi connectivity index (χ3n) is 7.18. The average Bonchev–Trinajstić information content (AvgIpc) is 3.56. The van der Waals surface area contributed by atoms with Crippen molar-refractivity contribution in [3.05, 3.63) is 148 Å². The first-order chi connectivity index (χ1) is 19.9. The van der Waals surface area contributed by atoms with Crippen molar-refractivity contribution >= 4 is 52.2 Å². The molecule has 0 bridgehead atoms. The lowest BCUT2D eigenvalue weighted by atomic mass is 9.83. The van der Waals surface area contributed by atoms with Crippen molar-refractivity contribution in [3.63, 3.8) is 0 Å². The molecule has 2 aromatic heterocycles. The van der Waals surface area contributed by atoms with Gasteiger partial charge >= 0.3 is 0 Å². The molecule has 0 amide bonds. The molecule has 7 rings (SSSR count). The van der Waals surface area contributed by atoms with E-state index in [2.05, 4.69) is 12.1 Å². The third-order valence-corrected chi connectivity index (χ3v) is 9.34. The van der Waals surface area contributed by atoms with Crippen LogP contribution in [0.25, 0.3) is 11.8 Å². The van der Waals surface area contributed by atoms with Crippen LogP contribution < -0.4 is 14.9 Å². The summed E-state index contributed by atoms with van der Waals surface area (Å²) in [6.07, 6.45) is 3.24. The number of aromatic nitrogens is 1. The highest BCUT2D eigenvalue weighted by Gasteiger charge is 2.33. The van der Waals surface area contributed by atoms with Gasteiger partial charge in [-0.15, -0.1) is 0 Å². The number of rotatable bonds is 5. The lowest BCUT2D eigenvalue weighted by Gasteiger charge is -2.30. The quantitative estimate of drug-likeness (QED) is 0.168. The number of allylic oxidation sites excluding steroid dienone is 1. The molecule has 0 radical (unpaired) electrons. The topological polar surface area (TPSA) is 90.6 Å². The molecule has 1 aliphatic heterocycles. The van der Waals surface area contributed by atoms with E-state index in [-0.39, 0.29) is 11.2 Å². The van der Waals surface area contributed by atoms with Crippen LogP contribution >= 0.6 is 34.7 Å². The monoisotopic (exact) mass is 597 g/mol. The van der Waals surface area contributed by atoms with Crippen molar-refractivity contribution in [2.45, 2.75) is 28.9 Å². The van der Waals surface area contributed by atoms with Gasteiger partial charge in [0.15, 0.2) is 9.89 Å². The number of nitro groups is 1. The van der Waals surface area contributed by atoms with Crippen LogP contribution in [0.4, 0.5) is 5.69 Å². The molecule has 0 spiro atoms. The van der Waals surface area contributed by atoms with Crippen LogP contribution in [0.2, 0.25) is 5.02 Å². The summed E-state index contributed by atoms with van der Waals surface area (Å²) in [5.74, 6) is 0.549. The molecule has 2 aliphatic rings. The van der Waals surface area contributed by atoms with E-state index in [1.165, 1.54) is 34.7 Å². The molecule has 10 heteroatoms. The van der Waals surface area contributed by atoms with Crippen LogP contribution in [-0.4, -0.2) is 9.49 Å². The molecule has 5 aromatic rings. The summed E-state index contributed by atoms with van der Waals surface area (Å²) in [6, 6.07) is 25.4. The van der Waals surface area contributed by atoms with E-state index in [4.69, 9.17) is 21.0 Å². The fourth-order valence-corrected chi connectivity index (χ4v) is 7.23. The Hall–Kier alpha value is -4.18. The number of nitro benzene ring substituents is 1. The maximum atomic E-state index is 13.9. The number of fused-ring (bicyclic) bond motifs is 3. The Labute approximate surface area is 246 Å². The normalized spacial score (nSPS) is 16.1. The number of hydrogen-bond acceptors (Lipinski definition) is 7. The minimum absolute atomic E-state index is 0.0127. The van der Waals surface area contributed by atoms with Gasteiger partial charge in [-0.05, 0) is 65.9 Å². The number of aryl methyl sites for hydroxylation is 1. The van der Waals surface area contributed by atoms with Crippen molar-refractivity contribution < 1.29 is 9.34 Å². The van der Waals surface area contributed by atoms with E-state index in [9.17, 15) is 14.9 Å². The molecule has 202 valence electrons. The highest BCUT2D eigenvalue weighted by Crippen LogP contribution is 2.41. The largest absolute Gasteiger partial charge is 0.450 e. The van der Waals surface area contributed by atoms with Gasteiger partial charge in [-0.3, -0.25) is 19.5 Å². The molecule has 41 heavy (non-hydrogen) atoms. The maximum Gasteiger partial charge on any atom is 0.271 e. The zero-order chi connectivity index (χ0) is 28.1. The van der Waals surface area contributed by atoms with Gasteiger partial charge < -0.3 is 4.42 Å². The Balaban J connectivity index is 1.36. The number of non-ortho nitro benzene ring substituents is 1. The molecule has 1 atom stereocenters.